The molecule has 0 spiro atoms. The lowest BCUT2D eigenvalue weighted by Crippen LogP contribution is -2.40. The van der Waals surface area contributed by atoms with Gasteiger partial charge in [-0.25, -0.2) is 8.42 Å². The molecule has 0 amide bonds. The van der Waals surface area contributed by atoms with E-state index in [4.69, 9.17) is 4.74 Å². The Morgan fingerprint density at radius 2 is 2.14 bits per heavy atom. The maximum absolute atomic E-state index is 12.7. The van der Waals surface area contributed by atoms with Crippen molar-refractivity contribution < 1.29 is 13.2 Å². The van der Waals surface area contributed by atoms with Crippen LogP contribution in [0.2, 0.25) is 0 Å². The van der Waals surface area contributed by atoms with Gasteiger partial charge in [-0.15, -0.1) is 11.3 Å². The molecular weight excluding hydrogens is 376 g/mol. The molecule has 1 aromatic rings. The van der Waals surface area contributed by atoms with Crippen LogP contribution in [-0.4, -0.2) is 45.6 Å². The number of ether oxygens (including phenoxy) is 1. The van der Waals surface area contributed by atoms with Crippen molar-refractivity contribution in [3.05, 3.63) is 14.7 Å². The van der Waals surface area contributed by atoms with Gasteiger partial charge >= 0.3 is 0 Å². The van der Waals surface area contributed by atoms with Crippen molar-refractivity contribution in [3.63, 3.8) is 0 Å². The first-order valence-electron chi connectivity index (χ1n) is 7.01. The minimum atomic E-state index is -3.42. The molecule has 2 rings (SSSR count). The predicted octanol–water partition coefficient (Wildman–Crippen LogP) is 2.42. The molecule has 5 nitrogen and oxygen atoms in total. The summed E-state index contributed by atoms with van der Waals surface area (Å²) in [5, 5.41) is 3.21. The van der Waals surface area contributed by atoms with E-state index in [1.807, 2.05) is 6.92 Å². The molecule has 1 fully saturated rings. The number of nitrogens with zero attached hydrogens (tertiary/aromatic N) is 1. The summed E-state index contributed by atoms with van der Waals surface area (Å²) >= 11 is 4.87. The molecule has 8 heteroatoms. The van der Waals surface area contributed by atoms with Gasteiger partial charge in [-0.2, -0.15) is 4.31 Å². The largest absolute Gasteiger partial charge is 0.381 e. The Morgan fingerprint density at radius 3 is 2.71 bits per heavy atom. The number of hydrogen-bond acceptors (Lipinski definition) is 5. The van der Waals surface area contributed by atoms with Crippen LogP contribution in [0.3, 0.4) is 0 Å². The van der Waals surface area contributed by atoms with Gasteiger partial charge in [0.25, 0.3) is 0 Å². The maximum Gasteiger partial charge on any atom is 0.245 e. The highest BCUT2D eigenvalue weighted by Crippen LogP contribution is 2.34. The van der Waals surface area contributed by atoms with E-state index in [1.165, 1.54) is 11.3 Å². The number of sulfonamides is 1. The number of piperidine rings is 1. The molecule has 0 atom stereocenters. The van der Waals surface area contributed by atoms with E-state index in [2.05, 4.69) is 21.2 Å². The summed E-state index contributed by atoms with van der Waals surface area (Å²) in [5.74, 6) is 0. The van der Waals surface area contributed by atoms with Crippen LogP contribution in [0.1, 0.15) is 24.6 Å². The highest BCUT2D eigenvalue weighted by atomic mass is 79.9. The Morgan fingerprint density at radius 1 is 1.48 bits per heavy atom. The third-order valence-electron chi connectivity index (χ3n) is 3.61. The van der Waals surface area contributed by atoms with Crippen molar-refractivity contribution >= 4 is 37.3 Å². The molecule has 0 unspecified atom stereocenters. The fraction of sp³-hybridized carbons (Fsp3) is 0.692. The van der Waals surface area contributed by atoms with Crippen molar-refractivity contribution in [2.24, 2.45) is 0 Å². The maximum atomic E-state index is 12.7. The Hall–Kier alpha value is 0.01000. The second kappa shape index (κ2) is 7.52. The van der Waals surface area contributed by atoms with E-state index in [1.54, 1.807) is 17.5 Å². The normalized spacial score (nSPS) is 18.2. The first-order valence-corrected chi connectivity index (χ1v) is 10.1. The van der Waals surface area contributed by atoms with Crippen LogP contribution in [0.15, 0.2) is 14.7 Å². The molecule has 1 aliphatic rings. The minimum Gasteiger partial charge on any atom is -0.381 e. The van der Waals surface area contributed by atoms with Crippen LogP contribution in [0, 0.1) is 0 Å². The van der Waals surface area contributed by atoms with Gasteiger partial charge < -0.3 is 10.1 Å². The molecule has 1 aromatic heterocycles. The van der Waals surface area contributed by atoms with Crippen LogP contribution in [0.5, 0.6) is 0 Å². The van der Waals surface area contributed by atoms with Crippen LogP contribution in [0.25, 0.3) is 0 Å². The van der Waals surface area contributed by atoms with E-state index in [9.17, 15) is 8.42 Å². The Kier molecular flexibility index (Phi) is 6.22. The fourth-order valence-corrected chi connectivity index (χ4v) is 6.43. The molecule has 0 saturated carbocycles. The van der Waals surface area contributed by atoms with Gasteiger partial charge in [-0.3, -0.25) is 0 Å². The summed E-state index contributed by atoms with van der Waals surface area (Å²) in [6.07, 6.45) is 1.68. The Balaban J connectivity index is 2.14. The van der Waals surface area contributed by atoms with Crippen molar-refractivity contribution in [2.75, 3.05) is 26.7 Å². The molecule has 0 radical (unpaired) electrons. The summed E-state index contributed by atoms with van der Waals surface area (Å²) < 4.78 is 33.0. The Bertz CT molecular complexity index is 566. The zero-order valence-corrected chi connectivity index (χ0v) is 15.5. The molecule has 0 bridgehead atoms. The third-order valence-corrected chi connectivity index (χ3v) is 7.76. The molecule has 1 aliphatic heterocycles. The van der Waals surface area contributed by atoms with E-state index in [-0.39, 0.29) is 6.10 Å². The summed E-state index contributed by atoms with van der Waals surface area (Å²) in [6, 6.07) is 1.77. The molecule has 0 aromatic carbocycles. The van der Waals surface area contributed by atoms with Crippen LogP contribution in [0.4, 0.5) is 0 Å². The highest BCUT2D eigenvalue weighted by molar-refractivity contribution is 9.11. The molecule has 21 heavy (non-hydrogen) atoms. The van der Waals surface area contributed by atoms with E-state index >= 15 is 0 Å². The van der Waals surface area contributed by atoms with Crippen LogP contribution in [-0.2, 0) is 21.3 Å². The number of nitrogens with one attached hydrogen (secondary N) is 1. The SMILES string of the molecule is CCNCc1cc(S(=O)(=O)N2CCC(OC)CC2)c(Br)s1. The monoisotopic (exact) mass is 396 g/mol. The summed E-state index contributed by atoms with van der Waals surface area (Å²) in [6.45, 7) is 4.63. The van der Waals surface area contributed by atoms with Gasteiger partial charge in [0, 0.05) is 31.6 Å². The lowest BCUT2D eigenvalue weighted by Gasteiger charge is -2.30. The highest BCUT2D eigenvalue weighted by Gasteiger charge is 2.31. The number of halogens is 1. The number of hydrogen-bond donors (Lipinski definition) is 1. The van der Waals surface area contributed by atoms with Crippen molar-refractivity contribution in [1.29, 1.82) is 0 Å². The minimum absolute atomic E-state index is 0.173. The fourth-order valence-electron chi connectivity index (χ4n) is 2.36. The Labute approximate surface area is 138 Å². The summed E-state index contributed by atoms with van der Waals surface area (Å²) in [7, 11) is -1.74. The van der Waals surface area contributed by atoms with Crippen LogP contribution < -0.4 is 5.32 Å². The third kappa shape index (κ3) is 4.05. The van der Waals surface area contributed by atoms with E-state index < -0.39 is 10.0 Å². The molecule has 1 N–H and O–H groups in total. The second-order valence-electron chi connectivity index (χ2n) is 4.97. The first kappa shape index (κ1) is 17.4. The number of methoxy groups -OCH3 is 1. The lowest BCUT2D eigenvalue weighted by molar-refractivity contribution is 0.0604. The van der Waals surface area contributed by atoms with E-state index in [0.717, 1.165) is 24.3 Å². The van der Waals surface area contributed by atoms with Crippen molar-refractivity contribution in [2.45, 2.75) is 37.3 Å². The average Bonchev–Trinajstić information content (AvgIpc) is 2.87. The van der Waals surface area contributed by atoms with Gasteiger partial charge in [-0.05, 0) is 41.4 Å². The van der Waals surface area contributed by atoms with Gasteiger partial charge in [0.05, 0.1) is 9.89 Å². The van der Waals surface area contributed by atoms with Crippen molar-refractivity contribution in [3.8, 4) is 0 Å². The van der Waals surface area contributed by atoms with E-state index in [0.29, 0.717) is 28.3 Å². The lowest BCUT2D eigenvalue weighted by atomic mass is 10.1. The topological polar surface area (TPSA) is 58.6 Å². The average molecular weight is 397 g/mol. The molecule has 0 aliphatic carbocycles. The standard InChI is InChI=1S/C13H21BrN2O3S2/c1-3-15-9-11-8-12(13(14)20-11)21(17,18)16-6-4-10(19-2)5-7-16/h8,10,15H,3-7,9H2,1-2H3. The van der Waals surface area contributed by atoms with Crippen molar-refractivity contribution in [1.82, 2.24) is 9.62 Å². The smallest absolute Gasteiger partial charge is 0.245 e. The van der Waals surface area contributed by atoms with Gasteiger partial charge in [0.15, 0.2) is 0 Å². The second-order valence-corrected chi connectivity index (χ2v) is 9.33. The van der Waals surface area contributed by atoms with Gasteiger partial charge in [-0.1, -0.05) is 6.92 Å². The quantitative estimate of drug-likeness (QED) is 0.801. The molecule has 1 saturated heterocycles. The molecule has 120 valence electrons. The zero-order valence-electron chi connectivity index (χ0n) is 12.3. The summed E-state index contributed by atoms with van der Waals surface area (Å²) in [4.78, 5) is 1.41. The first-order chi connectivity index (χ1) is 9.98. The zero-order chi connectivity index (χ0) is 15.5. The van der Waals surface area contributed by atoms with Gasteiger partial charge in [0.1, 0.15) is 4.90 Å². The predicted molar refractivity (Wildman–Crippen MR) is 88.2 cm³/mol. The summed E-state index contributed by atoms with van der Waals surface area (Å²) in [5.41, 5.74) is 0. The number of rotatable bonds is 6. The van der Waals surface area contributed by atoms with Crippen LogP contribution >= 0.6 is 27.3 Å². The van der Waals surface area contributed by atoms with Gasteiger partial charge in [0.2, 0.25) is 10.0 Å². The molecular formula is C13H21BrN2O3S2. The molecule has 2 heterocycles. The number of thiophene rings is 1.